The molecule has 0 bridgehead atoms. The van der Waals surface area contributed by atoms with E-state index in [1.165, 1.54) is 28.7 Å². The molecule has 0 fully saturated rings. The quantitative estimate of drug-likeness (QED) is 0.443. The van der Waals surface area contributed by atoms with Gasteiger partial charge in [0.05, 0.1) is 11.1 Å². The summed E-state index contributed by atoms with van der Waals surface area (Å²) in [5.41, 5.74) is -3.24. The summed E-state index contributed by atoms with van der Waals surface area (Å²) in [6.07, 6.45) is -8.22. The lowest BCUT2D eigenvalue weighted by Gasteiger charge is -2.13. The Labute approximate surface area is 100 Å². The van der Waals surface area contributed by atoms with Crippen LogP contribution in [-0.2, 0) is 6.18 Å². The van der Waals surface area contributed by atoms with Crippen molar-refractivity contribution in [2.45, 2.75) is 12.6 Å². The molecule has 16 heavy (non-hydrogen) atoms. The lowest BCUT2D eigenvalue weighted by atomic mass is 10.1. The van der Waals surface area contributed by atoms with Gasteiger partial charge in [-0.05, 0) is 28.7 Å². The average molecular weight is 348 g/mol. The number of hydrogen-bond acceptors (Lipinski definition) is 2. The molecule has 1 heterocycles. The van der Waals surface area contributed by atoms with Crippen LogP contribution in [0.25, 0.3) is 0 Å². The van der Waals surface area contributed by atoms with Gasteiger partial charge in [-0.3, -0.25) is 0 Å². The zero-order valence-electron chi connectivity index (χ0n) is 7.32. The fraction of sp³-hybridized carbons (Fsp3) is 0.250. The third-order valence-corrected chi connectivity index (χ3v) is 2.47. The molecule has 0 atom stereocenters. The molecular weight excluding hydrogens is 346 g/mol. The Hall–Kier alpha value is -0.980. The summed E-state index contributed by atoms with van der Waals surface area (Å²) >= 11 is 1.25. The number of nitrogens with zero attached hydrogens (tertiary/aromatic N) is 2. The van der Waals surface area contributed by atoms with E-state index >= 15 is 0 Å². The molecule has 0 amide bonds. The lowest BCUT2D eigenvalue weighted by molar-refractivity contribution is -0.139. The molecule has 1 aromatic rings. The Morgan fingerprint density at radius 2 is 1.94 bits per heavy atom. The van der Waals surface area contributed by atoms with Gasteiger partial charge in [-0.2, -0.15) is 18.4 Å². The van der Waals surface area contributed by atoms with Crippen molar-refractivity contribution in [2.24, 2.45) is 0 Å². The summed E-state index contributed by atoms with van der Waals surface area (Å²) in [4.78, 5) is 3.33. The zero-order chi connectivity index (χ0) is 12.5. The summed E-state index contributed by atoms with van der Waals surface area (Å²) in [6, 6.07) is 1.71. The van der Waals surface area contributed by atoms with Crippen LogP contribution >= 0.6 is 22.6 Å². The largest absolute Gasteiger partial charge is 0.417 e. The first kappa shape index (κ1) is 13.1. The SMILES string of the molecule is N#Cc1cc(C(F)(F)F)c(C(F)F)c(I)n1. The van der Waals surface area contributed by atoms with Gasteiger partial charge in [-0.15, -0.1) is 0 Å². The third-order valence-electron chi connectivity index (χ3n) is 1.65. The third kappa shape index (κ3) is 2.58. The van der Waals surface area contributed by atoms with Gasteiger partial charge < -0.3 is 0 Å². The minimum Gasteiger partial charge on any atom is -0.231 e. The second-order valence-corrected chi connectivity index (χ2v) is 3.69. The van der Waals surface area contributed by atoms with Crippen LogP contribution in [0.2, 0.25) is 0 Å². The van der Waals surface area contributed by atoms with Gasteiger partial charge in [-0.25, -0.2) is 13.8 Å². The maximum Gasteiger partial charge on any atom is 0.417 e. The van der Waals surface area contributed by atoms with E-state index < -0.39 is 33.1 Å². The van der Waals surface area contributed by atoms with Crippen molar-refractivity contribution in [2.75, 3.05) is 0 Å². The number of alkyl halides is 5. The first-order valence-corrected chi connectivity index (χ1v) is 4.81. The van der Waals surface area contributed by atoms with E-state index in [0.717, 1.165) is 0 Å². The van der Waals surface area contributed by atoms with Crippen LogP contribution < -0.4 is 0 Å². The molecule has 0 aliphatic heterocycles. The van der Waals surface area contributed by atoms with Gasteiger partial charge >= 0.3 is 6.18 Å². The van der Waals surface area contributed by atoms with Gasteiger partial charge in [0.1, 0.15) is 15.5 Å². The normalized spacial score (nSPS) is 11.6. The highest BCUT2D eigenvalue weighted by Crippen LogP contribution is 2.38. The highest BCUT2D eigenvalue weighted by molar-refractivity contribution is 14.1. The van der Waals surface area contributed by atoms with Crippen LogP contribution in [0.15, 0.2) is 6.07 Å². The number of nitriles is 1. The number of pyridine rings is 1. The summed E-state index contributed by atoms with van der Waals surface area (Å²) in [6.45, 7) is 0. The molecule has 0 aliphatic rings. The molecule has 0 radical (unpaired) electrons. The maximum absolute atomic E-state index is 12.4. The van der Waals surface area contributed by atoms with Gasteiger partial charge in [0, 0.05) is 0 Å². The Morgan fingerprint density at radius 3 is 2.31 bits per heavy atom. The number of aromatic nitrogens is 1. The van der Waals surface area contributed by atoms with E-state index in [9.17, 15) is 22.0 Å². The van der Waals surface area contributed by atoms with E-state index in [2.05, 4.69) is 4.98 Å². The van der Waals surface area contributed by atoms with E-state index in [4.69, 9.17) is 5.26 Å². The van der Waals surface area contributed by atoms with Crippen LogP contribution in [0.1, 0.15) is 23.2 Å². The molecule has 0 aromatic carbocycles. The zero-order valence-corrected chi connectivity index (χ0v) is 9.47. The molecule has 2 nitrogen and oxygen atoms in total. The maximum atomic E-state index is 12.4. The number of rotatable bonds is 1. The number of hydrogen-bond donors (Lipinski definition) is 0. The average Bonchev–Trinajstić information content (AvgIpc) is 2.14. The predicted octanol–water partition coefficient (Wildman–Crippen LogP) is 3.51. The van der Waals surface area contributed by atoms with E-state index in [1.54, 1.807) is 0 Å². The summed E-state index contributed by atoms with van der Waals surface area (Å²) in [7, 11) is 0. The van der Waals surface area contributed by atoms with Crippen LogP contribution in [0.3, 0.4) is 0 Å². The Morgan fingerprint density at radius 1 is 1.38 bits per heavy atom. The molecule has 0 spiro atoms. The molecule has 0 N–H and O–H groups in total. The molecule has 8 heteroatoms. The van der Waals surface area contributed by atoms with Crippen LogP contribution in [-0.4, -0.2) is 4.98 Å². The molecule has 0 aliphatic carbocycles. The number of halogens is 6. The lowest BCUT2D eigenvalue weighted by Crippen LogP contribution is -2.13. The second kappa shape index (κ2) is 4.48. The van der Waals surface area contributed by atoms with Crippen molar-refractivity contribution in [1.82, 2.24) is 4.98 Å². The minimum absolute atomic E-state index is 0.323. The molecule has 1 aromatic heterocycles. The van der Waals surface area contributed by atoms with E-state index in [0.29, 0.717) is 6.07 Å². The van der Waals surface area contributed by atoms with Crippen molar-refractivity contribution in [3.05, 3.63) is 26.6 Å². The topological polar surface area (TPSA) is 36.7 Å². The standard InChI is InChI=1S/C8H2F5IN2/c9-6(10)5-4(8(11,12)13)1-3(2-15)16-7(5)14/h1,6H. The fourth-order valence-electron chi connectivity index (χ4n) is 1.02. The van der Waals surface area contributed by atoms with Gasteiger partial charge in [-0.1, -0.05) is 0 Å². The monoisotopic (exact) mass is 348 g/mol. The summed E-state index contributed by atoms with van der Waals surface area (Å²) in [5.74, 6) is 0. The fourth-order valence-corrected chi connectivity index (χ4v) is 1.81. The Bertz CT molecular complexity index is 449. The molecule has 1 rings (SSSR count). The summed E-state index contributed by atoms with van der Waals surface area (Å²) in [5, 5.41) is 8.41. The highest BCUT2D eigenvalue weighted by Gasteiger charge is 2.37. The van der Waals surface area contributed by atoms with Crippen molar-refractivity contribution >= 4 is 22.6 Å². The van der Waals surface area contributed by atoms with Crippen molar-refractivity contribution in [3.63, 3.8) is 0 Å². The van der Waals surface area contributed by atoms with Crippen LogP contribution in [0.5, 0.6) is 0 Å². The first-order valence-electron chi connectivity index (χ1n) is 3.73. The van der Waals surface area contributed by atoms with Gasteiger partial charge in [0.15, 0.2) is 0 Å². The Balaban J connectivity index is 3.55. The molecule has 0 saturated carbocycles. The molecule has 0 unspecified atom stereocenters. The predicted molar refractivity (Wildman–Crippen MR) is 51.6 cm³/mol. The van der Waals surface area contributed by atoms with Crippen molar-refractivity contribution in [3.8, 4) is 6.07 Å². The van der Waals surface area contributed by atoms with E-state index in [1.807, 2.05) is 0 Å². The first-order chi connectivity index (χ1) is 7.27. The van der Waals surface area contributed by atoms with E-state index in [-0.39, 0.29) is 0 Å². The Kier molecular flexibility index (Phi) is 3.67. The minimum atomic E-state index is -4.93. The van der Waals surface area contributed by atoms with Gasteiger partial charge in [0.2, 0.25) is 0 Å². The smallest absolute Gasteiger partial charge is 0.231 e. The highest BCUT2D eigenvalue weighted by atomic mass is 127. The molecule has 0 saturated heterocycles. The van der Waals surface area contributed by atoms with Crippen LogP contribution in [0, 0.1) is 15.0 Å². The summed E-state index contributed by atoms with van der Waals surface area (Å²) < 4.78 is 61.6. The molecular formula is C8H2F5IN2. The van der Waals surface area contributed by atoms with Crippen molar-refractivity contribution in [1.29, 1.82) is 5.26 Å². The van der Waals surface area contributed by atoms with Gasteiger partial charge in [0.25, 0.3) is 6.43 Å². The molecule has 86 valence electrons. The second-order valence-electron chi connectivity index (χ2n) is 2.67. The van der Waals surface area contributed by atoms with Crippen molar-refractivity contribution < 1.29 is 22.0 Å². The van der Waals surface area contributed by atoms with Crippen LogP contribution in [0.4, 0.5) is 22.0 Å².